The molecular formula is C16H24N4S. The Morgan fingerprint density at radius 3 is 2.62 bits per heavy atom. The van der Waals surface area contributed by atoms with Crippen LogP contribution in [-0.4, -0.2) is 27.5 Å². The summed E-state index contributed by atoms with van der Waals surface area (Å²) in [5, 5.41) is 6.76. The normalized spacial score (nSPS) is 12.0. The summed E-state index contributed by atoms with van der Waals surface area (Å²) in [5.74, 6) is 0. The molecule has 0 saturated carbocycles. The second-order valence-corrected chi connectivity index (χ2v) is 7.27. The average Bonchev–Trinajstić information content (AvgIpc) is 2.84. The Hall–Kier alpha value is -1.30. The molecule has 2 aromatic heterocycles. The lowest BCUT2D eigenvalue weighted by Crippen LogP contribution is -2.35. The molecule has 0 radical (unpaired) electrons. The van der Waals surface area contributed by atoms with Crippen molar-refractivity contribution in [3.05, 3.63) is 46.2 Å². The van der Waals surface area contributed by atoms with Crippen LogP contribution in [-0.2, 0) is 19.6 Å². The molecule has 21 heavy (non-hydrogen) atoms. The van der Waals surface area contributed by atoms with Gasteiger partial charge in [-0.15, -0.1) is 11.3 Å². The summed E-state index contributed by atoms with van der Waals surface area (Å²) >= 11 is 1.72. The molecule has 0 aliphatic carbocycles. The predicted molar refractivity (Wildman–Crippen MR) is 88.1 cm³/mol. The van der Waals surface area contributed by atoms with Crippen LogP contribution in [0.25, 0.3) is 0 Å². The second-order valence-electron chi connectivity index (χ2n) is 6.33. The van der Waals surface area contributed by atoms with Crippen LogP contribution in [0.5, 0.6) is 0 Å². The maximum Gasteiger partial charge on any atom is 0.107 e. The Morgan fingerprint density at radius 2 is 1.95 bits per heavy atom. The molecule has 4 nitrogen and oxygen atoms in total. The topological polar surface area (TPSA) is 41.1 Å². The van der Waals surface area contributed by atoms with Crippen molar-refractivity contribution in [3.8, 4) is 0 Å². The molecule has 2 heterocycles. The molecule has 0 aliphatic rings. The highest BCUT2D eigenvalue weighted by Crippen LogP contribution is 2.13. The Kier molecular flexibility index (Phi) is 5.45. The minimum absolute atomic E-state index is 0.127. The van der Waals surface area contributed by atoms with Gasteiger partial charge in [0.25, 0.3) is 0 Å². The van der Waals surface area contributed by atoms with Crippen molar-refractivity contribution >= 4 is 11.3 Å². The van der Waals surface area contributed by atoms with Crippen molar-refractivity contribution in [2.45, 2.75) is 45.9 Å². The van der Waals surface area contributed by atoms with E-state index in [2.05, 4.69) is 59.4 Å². The summed E-state index contributed by atoms with van der Waals surface area (Å²) < 4.78 is 0. The third-order valence-corrected chi connectivity index (χ3v) is 3.86. The van der Waals surface area contributed by atoms with E-state index in [1.807, 2.05) is 18.3 Å². The van der Waals surface area contributed by atoms with E-state index in [0.717, 1.165) is 36.0 Å². The van der Waals surface area contributed by atoms with Gasteiger partial charge in [0.15, 0.2) is 0 Å². The summed E-state index contributed by atoms with van der Waals surface area (Å²) in [6, 6.07) is 6.02. The molecule has 0 amide bonds. The average molecular weight is 304 g/mol. The lowest BCUT2D eigenvalue weighted by Gasteiger charge is -2.19. The van der Waals surface area contributed by atoms with Gasteiger partial charge >= 0.3 is 0 Å². The maximum absolute atomic E-state index is 4.69. The van der Waals surface area contributed by atoms with E-state index in [1.165, 1.54) is 0 Å². The largest absolute Gasteiger partial charge is 0.306 e. The summed E-state index contributed by atoms with van der Waals surface area (Å²) in [6.45, 7) is 9.03. The van der Waals surface area contributed by atoms with Gasteiger partial charge in [0.05, 0.1) is 11.4 Å². The summed E-state index contributed by atoms with van der Waals surface area (Å²) in [7, 11) is 2.10. The van der Waals surface area contributed by atoms with E-state index >= 15 is 0 Å². The first-order valence-corrected chi connectivity index (χ1v) is 8.07. The predicted octanol–water partition coefficient (Wildman–Crippen LogP) is 3.06. The van der Waals surface area contributed by atoms with Crippen LogP contribution in [0.2, 0.25) is 0 Å². The van der Waals surface area contributed by atoms with Crippen LogP contribution >= 0.6 is 11.3 Å². The van der Waals surface area contributed by atoms with Crippen LogP contribution in [0.15, 0.2) is 29.8 Å². The summed E-state index contributed by atoms with van der Waals surface area (Å²) in [6.07, 6.45) is 1.84. The zero-order chi connectivity index (χ0) is 15.3. The fourth-order valence-corrected chi connectivity index (χ4v) is 2.67. The Labute approximate surface area is 131 Å². The van der Waals surface area contributed by atoms with Gasteiger partial charge in [-0.25, -0.2) is 4.98 Å². The van der Waals surface area contributed by atoms with Crippen molar-refractivity contribution in [2.75, 3.05) is 7.05 Å². The lowest BCUT2D eigenvalue weighted by molar-refractivity contribution is 0.311. The van der Waals surface area contributed by atoms with Crippen LogP contribution in [0.1, 0.15) is 37.2 Å². The summed E-state index contributed by atoms with van der Waals surface area (Å²) in [5.41, 5.74) is 2.34. The van der Waals surface area contributed by atoms with Gasteiger partial charge < -0.3 is 5.32 Å². The van der Waals surface area contributed by atoms with Gasteiger partial charge in [-0.2, -0.15) is 0 Å². The molecule has 0 fully saturated rings. The van der Waals surface area contributed by atoms with E-state index < -0.39 is 0 Å². The minimum atomic E-state index is 0.127. The van der Waals surface area contributed by atoms with Crippen molar-refractivity contribution < 1.29 is 0 Å². The van der Waals surface area contributed by atoms with E-state index in [1.54, 1.807) is 11.3 Å². The lowest BCUT2D eigenvalue weighted by atomic mass is 10.1. The highest BCUT2D eigenvalue weighted by molar-refractivity contribution is 7.09. The molecule has 114 valence electrons. The first kappa shape index (κ1) is 16.1. The van der Waals surface area contributed by atoms with Crippen molar-refractivity contribution in [2.24, 2.45) is 0 Å². The van der Waals surface area contributed by atoms with Gasteiger partial charge in [-0.3, -0.25) is 9.88 Å². The molecule has 5 heteroatoms. The van der Waals surface area contributed by atoms with Crippen LogP contribution in [0.4, 0.5) is 0 Å². The number of hydrogen-bond donors (Lipinski definition) is 1. The van der Waals surface area contributed by atoms with E-state index in [4.69, 9.17) is 0 Å². The number of nitrogens with one attached hydrogen (secondary N) is 1. The highest BCUT2D eigenvalue weighted by atomic mass is 32.1. The quantitative estimate of drug-likeness (QED) is 0.890. The highest BCUT2D eigenvalue weighted by Gasteiger charge is 2.11. The Bertz CT molecular complexity index is 545. The third kappa shape index (κ3) is 5.91. The van der Waals surface area contributed by atoms with Gasteiger partial charge in [0, 0.05) is 36.8 Å². The Morgan fingerprint density at radius 1 is 1.19 bits per heavy atom. The minimum Gasteiger partial charge on any atom is -0.306 e. The molecule has 2 rings (SSSR count). The van der Waals surface area contributed by atoms with E-state index in [0.29, 0.717) is 0 Å². The van der Waals surface area contributed by atoms with Crippen molar-refractivity contribution in [1.82, 2.24) is 20.2 Å². The zero-order valence-corrected chi connectivity index (χ0v) is 14.1. The fraction of sp³-hybridized carbons (Fsp3) is 0.500. The first-order valence-electron chi connectivity index (χ1n) is 7.19. The van der Waals surface area contributed by atoms with Crippen LogP contribution < -0.4 is 5.32 Å². The molecule has 0 unspecified atom stereocenters. The fourth-order valence-electron chi connectivity index (χ4n) is 1.94. The molecular weight excluding hydrogens is 280 g/mol. The molecule has 0 spiro atoms. The molecule has 0 bridgehead atoms. The first-order chi connectivity index (χ1) is 9.92. The number of hydrogen-bond acceptors (Lipinski definition) is 5. The number of rotatable bonds is 6. The monoisotopic (exact) mass is 304 g/mol. The smallest absolute Gasteiger partial charge is 0.107 e. The summed E-state index contributed by atoms with van der Waals surface area (Å²) in [4.78, 5) is 11.3. The molecule has 0 aromatic carbocycles. The molecule has 0 saturated heterocycles. The number of thiazole rings is 1. The standard InChI is InChI=1S/C16H24N4S/c1-16(2,3)18-9-15-19-14(12-21-15)11-20(4)10-13-7-5-6-8-17-13/h5-8,12,18H,9-11H2,1-4H3. The van der Waals surface area contributed by atoms with Crippen molar-refractivity contribution in [1.29, 1.82) is 0 Å². The molecule has 0 aliphatic heterocycles. The number of aromatic nitrogens is 2. The van der Waals surface area contributed by atoms with Crippen LogP contribution in [0, 0.1) is 0 Å². The number of nitrogens with zero attached hydrogens (tertiary/aromatic N) is 3. The number of pyridine rings is 1. The van der Waals surface area contributed by atoms with Crippen LogP contribution in [0.3, 0.4) is 0 Å². The van der Waals surface area contributed by atoms with Gasteiger partial charge in [0.2, 0.25) is 0 Å². The second kappa shape index (κ2) is 7.11. The molecule has 2 aromatic rings. The molecule has 0 atom stereocenters. The van der Waals surface area contributed by atoms with Gasteiger partial charge in [-0.05, 0) is 40.0 Å². The van der Waals surface area contributed by atoms with E-state index in [-0.39, 0.29) is 5.54 Å². The van der Waals surface area contributed by atoms with Crippen molar-refractivity contribution in [3.63, 3.8) is 0 Å². The Balaban J connectivity index is 1.84. The van der Waals surface area contributed by atoms with E-state index in [9.17, 15) is 0 Å². The SMILES string of the molecule is CN(Cc1ccccn1)Cc1csc(CNC(C)(C)C)n1. The van der Waals surface area contributed by atoms with Gasteiger partial charge in [-0.1, -0.05) is 6.07 Å². The molecule has 1 N–H and O–H groups in total. The van der Waals surface area contributed by atoms with Gasteiger partial charge in [0.1, 0.15) is 5.01 Å². The maximum atomic E-state index is 4.69. The zero-order valence-electron chi connectivity index (χ0n) is 13.3. The third-order valence-electron chi connectivity index (χ3n) is 2.96.